The molecule has 0 saturated carbocycles. The lowest BCUT2D eigenvalue weighted by Crippen LogP contribution is -2.28. The lowest BCUT2D eigenvalue weighted by molar-refractivity contribution is -0.121. The average Bonchev–Trinajstić information content (AvgIpc) is 2.80. The van der Waals surface area contributed by atoms with Gasteiger partial charge in [-0.1, -0.05) is 17.4 Å². The fraction of sp³-hybridized carbons (Fsp3) is 0.333. The standard InChI is InChI=1S/C15H16BrFN2O2S/c1-10-9-22-15(21)19(10)7-5-14(20)18-6-4-11-2-3-13(17)12(16)8-11/h2-3,8-9H,4-7H2,1H3,(H,18,20). The maximum absolute atomic E-state index is 13.1. The molecule has 0 atom stereocenters. The van der Waals surface area contributed by atoms with E-state index in [0.717, 1.165) is 22.6 Å². The second-order valence-electron chi connectivity index (χ2n) is 4.89. The minimum Gasteiger partial charge on any atom is -0.356 e. The molecule has 0 aliphatic carbocycles. The van der Waals surface area contributed by atoms with E-state index in [-0.39, 0.29) is 23.0 Å². The Labute approximate surface area is 140 Å². The van der Waals surface area contributed by atoms with Crippen LogP contribution >= 0.6 is 27.3 Å². The van der Waals surface area contributed by atoms with Gasteiger partial charge in [-0.3, -0.25) is 9.59 Å². The third kappa shape index (κ3) is 4.51. The van der Waals surface area contributed by atoms with Gasteiger partial charge in [0, 0.05) is 30.6 Å². The molecule has 0 saturated heterocycles. The van der Waals surface area contributed by atoms with Gasteiger partial charge in [0.25, 0.3) is 0 Å². The Morgan fingerprint density at radius 3 is 2.86 bits per heavy atom. The second-order valence-corrected chi connectivity index (χ2v) is 6.57. The van der Waals surface area contributed by atoms with Crippen LogP contribution in [-0.4, -0.2) is 17.0 Å². The molecule has 0 bridgehead atoms. The first-order chi connectivity index (χ1) is 10.5. The van der Waals surface area contributed by atoms with Crippen molar-refractivity contribution in [3.05, 3.63) is 54.8 Å². The quantitative estimate of drug-likeness (QED) is 0.829. The van der Waals surface area contributed by atoms with Gasteiger partial charge >= 0.3 is 4.87 Å². The fourth-order valence-electron chi connectivity index (χ4n) is 2.02. The molecule has 22 heavy (non-hydrogen) atoms. The van der Waals surface area contributed by atoms with Gasteiger partial charge < -0.3 is 9.88 Å². The van der Waals surface area contributed by atoms with Crippen LogP contribution in [0.2, 0.25) is 0 Å². The molecule has 0 unspecified atom stereocenters. The van der Waals surface area contributed by atoms with Crippen molar-refractivity contribution in [1.82, 2.24) is 9.88 Å². The Balaban J connectivity index is 1.76. The molecule has 1 heterocycles. The third-order valence-electron chi connectivity index (χ3n) is 3.26. The number of halogens is 2. The Hall–Kier alpha value is -1.47. The summed E-state index contributed by atoms with van der Waals surface area (Å²) in [5.41, 5.74) is 1.82. The summed E-state index contributed by atoms with van der Waals surface area (Å²) in [5.74, 6) is -0.400. The number of rotatable bonds is 6. The predicted octanol–water partition coefficient (Wildman–Crippen LogP) is 2.87. The minimum atomic E-state index is -0.302. The van der Waals surface area contributed by atoms with Crippen molar-refractivity contribution in [2.24, 2.45) is 0 Å². The zero-order valence-electron chi connectivity index (χ0n) is 12.1. The van der Waals surface area contributed by atoms with Gasteiger partial charge in [0.1, 0.15) is 5.82 Å². The number of thiazole rings is 1. The van der Waals surface area contributed by atoms with Crippen molar-refractivity contribution in [3.8, 4) is 0 Å². The largest absolute Gasteiger partial charge is 0.356 e. The van der Waals surface area contributed by atoms with Crippen LogP contribution in [0.3, 0.4) is 0 Å². The molecule has 0 fully saturated rings. The number of amides is 1. The Morgan fingerprint density at radius 2 is 2.23 bits per heavy atom. The highest BCUT2D eigenvalue weighted by molar-refractivity contribution is 9.10. The van der Waals surface area contributed by atoms with Gasteiger partial charge in [-0.05, 0) is 47.0 Å². The summed E-state index contributed by atoms with van der Waals surface area (Å²) >= 11 is 4.27. The van der Waals surface area contributed by atoms with Crippen molar-refractivity contribution >= 4 is 33.2 Å². The van der Waals surface area contributed by atoms with Gasteiger partial charge in [-0.15, -0.1) is 0 Å². The van der Waals surface area contributed by atoms with E-state index >= 15 is 0 Å². The van der Waals surface area contributed by atoms with E-state index < -0.39 is 0 Å². The van der Waals surface area contributed by atoms with E-state index in [0.29, 0.717) is 24.0 Å². The van der Waals surface area contributed by atoms with Crippen LogP contribution < -0.4 is 10.2 Å². The molecular weight excluding hydrogens is 371 g/mol. The molecule has 0 aliphatic rings. The smallest absolute Gasteiger partial charge is 0.307 e. The highest BCUT2D eigenvalue weighted by Gasteiger charge is 2.06. The topological polar surface area (TPSA) is 51.1 Å². The molecule has 7 heteroatoms. The highest BCUT2D eigenvalue weighted by Crippen LogP contribution is 2.16. The molecule has 2 aromatic rings. The van der Waals surface area contributed by atoms with Gasteiger partial charge in [0.2, 0.25) is 5.91 Å². The molecule has 1 aromatic heterocycles. The molecule has 2 rings (SSSR count). The summed E-state index contributed by atoms with van der Waals surface area (Å²) < 4.78 is 15.1. The van der Waals surface area contributed by atoms with E-state index in [4.69, 9.17) is 0 Å². The van der Waals surface area contributed by atoms with Gasteiger partial charge in [0.05, 0.1) is 4.47 Å². The first-order valence-corrected chi connectivity index (χ1v) is 8.50. The second kappa shape index (κ2) is 7.69. The number of nitrogens with one attached hydrogen (secondary N) is 1. The van der Waals surface area contributed by atoms with Crippen molar-refractivity contribution in [3.63, 3.8) is 0 Å². The first kappa shape index (κ1) is 16.9. The third-order valence-corrected chi connectivity index (χ3v) is 4.75. The minimum absolute atomic E-state index is 0.0403. The SMILES string of the molecule is Cc1csc(=O)n1CCC(=O)NCCc1ccc(F)c(Br)c1. The number of nitrogens with zero attached hydrogens (tertiary/aromatic N) is 1. The van der Waals surface area contributed by atoms with E-state index in [1.54, 1.807) is 22.1 Å². The first-order valence-electron chi connectivity index (χ1n) is 6.83. The summed E-state index contributed by atoms with van der Waals surface area (Å²) in [6, 6.07) is 4.79. The summed E-state index contributed by atoms with van der Waals surface area (Å²) in [5, 5.41) is 4.59. The number of benzene rings is 1. The van der Waals surface area contributed by atoms with Gasteiger partial charge in [-0.2, -0.15) is 0 Å². The molecule has 4 nitrogen and oxygen atoms in total. The summed E-state index contributed by atoms with van der Waals surface area (Å²) in [7, 11) is 0. The van der Waals surface area contributed by atoms with Crippen molar-refractivity contribution in [1.29, 1.82) is 0 Å². The number of carbonyl (C=O) groups is 1. The van der Waals surface area contributed by atoms with E-state index in [1.165, 1.54) is 6.07 Å². The zero-order valence-corrected chi connectivity index (χ0v) is 14.5. The van der Waals surface area contributed by atoms with Gasteiger partial charge in [-0.25, -0.2) is 4.39 Å². The summed E-state index contributed by atoms with van der Waals surface area (Å²) in [6.07, 6.45) is 0.895. The van der Waals surface area contributed by atoms with Crippen LogP contribution in [0.5, 0.6) is 0 Å². The molecule has 118 valence electrons. The Morgan fingerprint density at radius 1 is 1.45 bits per heavy atom. The van der Waals surface area contributed by atoms with Crippen LogP contribution in [0.15, 0.2) is 32.8 Å². The lowest BCUT2D eigenvalue weighted by Gasteiger charge is -2.07. The van der Waals surface area contributed by atoms with Crippen molar-refractivity contribution in [2.45, 2.75) is 26.3 Å². The van der Waals surface area contributed by atoms with E-state index in [2.05, 4.69) is 21.2 Å². The molecule has 0 radical (unpaired) electrons. The fourth-order valence-corrected chi connectivity index (χ4v) is 3.21. The molecule has 1 aromatic carbocycles. The Bertz CT molecular complexity index is 727. The molecule has 0 spiro atoms. The van der Waals surface area contributed by atoms with Crippen molar-refractivity contribution < 1.29 is 9.18 Å². The van der Waals surface area contributed by atoms with Crippen LogP contribution in [0.25, 0.3) is 0 Å². The number of hydrogen-bond donors (Lipinski definition) is 1. The van der Waals surface area contributed by atoms with Crippen LogP contribution in [0.4, 0.5) is 4.39 Å². The van der Waals surface area contributed by atoms with Crippen LogP contribution in [-0.2, 0) is 17.8 Å². The lowest BCUT2D eigenvalue weighted by atomic mass is 10.1. The molecular formula is C15H16BrFN2O2S. The average molecular weight is 387 g/mol. The summed E-state index contributed by atoms with van der Waals surface area (Å²) in [6.45, 7) is 2.72. The van der Waals surface area contributed by atoms with Crippen molar-refractivity contribution in [2.75, 3.05) is 6.54 Å². The summed E-state index contributed by atoms with van der Waals surface area (Å²) in [4.78, 5) is 23.3. The molecule has 0 aliphatic heterocycles. The number of carbonyl (C=O) groups excluding carboxylic acids is 1. The zero-order chi connectivity index (χ0) is 16.1. The number of aromatic nitrogens is 1. The maximum atomic E-state index is 13.1. The Kier molecular flexibility index (Phi) is 5.90. The molecule has 1 amide bonds. The van der Waals surface area contributed by atoms with Gasteiger partial charge in [0.15, 0.2) is 0 Å². The van der Waals surface area contributed by atoms with Crippen LogP contribution in [0.1, 0.15) is 17.7 Å². The normalized spacial score (nSPS) is 10.7. The van der Waals surface area contributed by atoms with E-state index in [9.17, 15) is 14.0 Å². The number of hydrogen-bond acceptors (Lipinski definition) is 3. The highest BCUT2D eigenvalue weighted by atomic mass is 79.9. The van der Waals surface area contributed by atoms with Crippen LogP contribution in [0, 0.1) is 12.7 Å². The molecule has 1 N–H and O–H groups in total. The maximum Gasteiger partial charge on any atom is 0.307 e. The van der Waals surface area contributed by atoms with E-state index in [1.807, 2.05) is 6.92 Å². The number of aryl methyl sites for hydroxylation is 1. The predicted molar refractivity (Wildman–Crippen MR) is 88.7 cm³/mol. The monoisotopic (exact) mass is 386 g/mol.